The summed E-state index contributed by atoms with van der Waals surface area (Å²) in [7, 11) is 0. The lowest BCUT2D eigenvalue weighted by atomic mass is 10.1. The van der Waals surface area contributed by atoms with Crippen LogP contribution in [0.5, 0.6) is 0 Å². The molecule has 5 heteroatoms. The number of benzene rings is 1. The Morgan fingerprint density at radius 3 is 2.50 bits per heavy atom. The predicted molar refractivity (Wildman–Crippen MR) is 66.6 cm³/mol. The molecule has 90 valence electrons. The van der Waals surface area contributed by atoms with E-state index < -0.39 is 5.82 Å². The summed E-state index contributed by atoms with van der Waals surface area (Å²) >= 11 is 6.00. The number of halogens is 2. The first-order chi connectivity index (χ1) is 8.51. The Labute approximate surface area is 109 Å². The smallest absolute Gasteiger partial charge is 0.155 e. The average molecular weight is 262 g/mol. The minimum absolute atomic E-state index is 0.201. The van der Waals surface area contributed by atoms with Crippen molar-refractivity contribution in [1.29, 1.82) is 5.26 Å². The van der Waals surface area contributed by atoms with E-state index >= 15 is 0 Å². The van der Waals surface area contributed by atoms with Gasteiger partial charge in [-0.2, -0.15) is 5.26 Å². The molecule has 0 N–H and O–H groups in total. The Bertz CT molecular complexity index is 662. The van der Waals surface area contributed by atoms with Crippen molar-refractivity contribution < 1.29 is 4.39 Å². The van der Waals surface area contributed by atoms with Gasteiger partial charge in [0.05, 0.1) is 23.0 Å². The van der Waals surface area contributed by atoms with Crippen molar-refractivity contribution in [2.75, 3.05) is 0 Å². The van der Waals surface area contributed by atoms with Crippen LogP contribution in [0.3, 0.4) is 0 Å². The van der Waals surface area contributed by atoms with Gasteiger partial charge in [-0.25, -0.2) is 14.4 Å². The zero-order chi connectivity index (χ0) is 13.3. The summed E-state index contributed by atoms with van der Waals surface area (Å²) in [5, 5.41) is 9.02. The lowest BCUT2D eigenvalue weighted by Crippen LogP contribution is -1.97. The molecule has 18 heavy (non-hydrogen) atoms. The van der Waals surface area contributed by atoms with E-state index in [-0.39, 0.29) is 10.7 Å². The van der Waals surface area contributed by atoms with E-state index in [1.165, 1.54) is 12.1 Å². The molecule has 0 radical (unpaired) electrons. The van der Waals surface area contributed by atoms with Gasteiger partial charge in [0.2, 0.25) is 0 Å². The molecule has 1 aromatic heterocycles. The predicted octanol–water partition coefficient (Wildman–Crippen LogP) is 3.42. The van der Waals surface area contributed by atoms with Gasteiger partial charge in [0.1, 0.15) is 11.5 Å². The van der Waals surface area contributed by atoms with Crippen LogP contribution in [0, 0.1) is 31.0 Å². The molecule has 0 saturated carbocycles. The van der Waals surface area contributed by atoms with Crippen LogP contribution in [-0.2, 0) is 0 Å². The SMILES string of the molecule is Cc1nc(Cl)c(-c2cc(F)cc(C#N)c2)nc1C. The standard InChI is InChI=1S/C13H9ClFN3/c1-7-8(2)18-13(14)12(17-7)10-3-9(6-16)4-11(15)5-10/h3-5H,1-2H3. The van der Waals surface area contributed by atoms with Crippen molar-refractivity contribution in [3.05, 3.63) is 46.1 Å². The van der Waals surface area contributed by atoms with Gasteiger partial charge in [-0.15, -0.1) is 0 Å². The summed E-state index contributed by atoms with van der Waals surface area (Å²) in [5.74, 6) is -0.500. The molecule has 0 amide bonds. The van der Waals surface area contributed by atoms with E-state index in [1.807, 2.05) is 6.07 Å². The van der Waals surface area contributed by atoms with Crippen LogP contribution < -0.4 is 0 Å². The van der Waals surface area contributed by atoms with Crippen molar-refractivity contribution in [2.45, 2.75) is 13.8 Å². The van der Waals surface area contributed by atoms with E-state index in [0.717, 1.165) is 17.5 Å². The molecule has 0 saturated heterocycles. The van der Waals surface area contributed by atoms with Gasteiger partial charge >= 0.3 is 0 Å². The number of aryl methyl sites for hydroxylation is 2. The Morgan fingerprint density at radius 1 is 1.17 bits per heavy atom. The van der Waals surface area contributed by atoms with Crippen molar-refractivity contribution >= 4 is 11.6 Å². The quantitative estimate of drug-likeness (QED) is 0.790. The first-order valence-corrected chi connectivity index (χ1v) is 5.61. The average Bonchev–Trinajstić information content (AvgIpc) is 2.33. The topological polar surface area (TPSA) is 49.6 Å². The summed E-state index contributed by atoms with van der Waals surface area (Å²) < 4.78 is 13.4. The van der Waals surface area contributed by atoms with Crippen molar-refractivity contribution in [3.63, 3.8) is 0 Å². The molecule has 0 fully saturated rings. The summed E-state index contributed by atoms with van der Waals surface area (Å²) in [5.41, 5.74) is 2.50. The van der Waals surface area contributed by atoms with Gasteiger partial charge in [-0.1, -0.05) is 11.6 Å². The van der Waals surface area contributed by atoms with Gasteiger partial charge in [0, 0.05) is 5.56 Å². The number of nitrogens with zero attached hydrogens (tertiary/aromatic N) is 3. The largest absolute Gasteiger partial charge is 0.248 e. The van der Waals surface area contributed by atoms with Crippen LogP contribution in [0.1, 0.15) is 17.0 Å². The highest BCUT2D eigenvalue weighted by atomic mass is 35.5. The maximum absolute atomic E-state index is 13.4. The molecule has 1 aromatic carbocycles. The lowest BCUT2D eigenvalue weighted by Gasteiger charge is -2.07. The van der Waals surface area contributed by atoms with Crippen molar-refractivity contribution in [1.82, 2.24) is 9.97 Å². The second kappa shape index (κ2) is 4.71. The molecule has 0 spiro atoms. The third-order valence-corrected chi connectivity index (χ3v) is 2.83. The molecule has 0 unspecified atom stereocenters. The molecule has 3 nitrogen and oxygen atoms in total. The number of hydrogen-bond donors (Lipinski definition) is 0. The molecule has 0 bridgehead atoms. The second-order valence-electron chi connectivity index (χ2n) is 3.87. The second-order valence-corrected chi connectivity index (χ2v) is 4.23. The van der Waals surface area contributed by atoms with Crippen LogP contribution >= 0.6 is 11.6 Å². The minimum Gasteiger partial charge on any atom is -0.248 e. The molecular formula is C13H9ClFN3. The first kappa shape index (κ1) is 12.5. The van der Waals surface area contributed by atoms with Gasteiger partial charge in [0.25, 0.3) is 0 Å². The fraction of sp³-hybridized carbons (Fsp3) is 0.154. The minimum atomic E-state index is -0.500. The molecule has 0 aliphatic rings. The van der Waals surface area contributed by atoms with E-state index in [1.54, 1.807) is 13.8 Å². The Hall–Kier alpha value is -1.99. The molecule has 2 aromatic rings. The number of aromatic nitrogens is 2. The molecule has 1 heterocycles. The summed E-state index contributed by atoms with van der Waals surface area (Å²) in [4.78, 5) is 8.42. The summed E-state index contributed by atoms with van der Waals surface area (Å²) in [6.45, 7) is 3.59. The first-order valence-electron chi connectivity index (χ1n) is 5.23. The molecule has 2 rings (SSSR count). The van der Waals surface area contributed by atoms with Crippen molar-refractivity contribution in [2.24, 2.45) is 0 Å². The Kier molecular flexibility index (Phi) is 3.26. The van der Waals surface area contributed by atoms with Crippen LogP contribution in [0.25, 0.3) is 11.3 Å². The fourth-order valence-corrected chi connectivity index (χ4v) is 1.83. The number of hydrogen-bond acceptors (Lipinski definition) is 3. The highest BCUT2D eigenvalue weighted by Crippen LogP contribution is 2.26. The van der Waals surface area contributed by atoms with Gasteiger partial charge in [-0.05, 0) is 32.0 Å². The van der Waals surface area contributed by atoms with Gasteiger partial charge in [-0.3, -0.25) is 0 Å². The van der Waals surface area contributed by atoms with Crippen LogP contribution in [0.2, 0.25) is 5.15 Å². The molecule has 0 aliphatic heterocycles. The van der Waals surface area contributed by atoms with Crippen LogP contribution in [0.4, 0.5) is 4.39 Å². The number of nitriles is 1. The van der Waals surface area contributed by atoms with Crippen LogP contribution in [-0.4, -0.2) is 9.97 Å². The molecule has 0 aliphatic carbocycles. The van der Waals surface area contributed by atoms with E-state index in [4.69, 9.17) is 16.9 Å². The van der Waals surface area contributed by atoms with Crippen LogP contribution in [0.15, 0.2) is 18.2 Å². The monoisotopic (exact) mass is 261 g/mol. The third kappa shape index (κ3) is 2.31. The Balaban J connectivity index is 2.66. The van der Waals surface area contributed by atoms with Gasteiger partial charge in [0.15, 0.2) is 5.15 Å². The zero-order valence-corrected chi connectivity index (χ0v) is 10.6. The normalized spacial score (nSPS) is 10.2. The maximum Gasteiger partial charge on any atom is 0.155 e. The van der Waals surface area contributed by atoms with E-state index in [0.29, 0.717) is 11.3 Å². The highest BCUT2D eigenvalue weighted by molar-refractivity contribution is 6.31. The summed E-state index contributed by atoms with van der Waals surface area (Å²) in [6, 6.07) is 5.87. The lowest BCUT2D eigenvalue weighted by molar-refractivity contribution is 0.628. The molecular weight excluding hydrogens is 253 g/mol. The maximum atomic E-state index is 13.4. The highest BCUT2D eigenvalue weighted by Gasteiger charge is 2.11. The van der Waals surface area contributed by atoms with E-state index in [2.05, 4.69) is 9.97 Å². The molecule has 0 atom stereocenters. The van der Waals surface area contributed by atoms with E-state index in [9.17, 15) is 4.39 Å². The summed E-state index contributed by atoms with van der Waals surface area (Å²) in [6.07, 6.45) is 0. The Morgan fingerprint density at radius 2 is 1.83 bits per heavy atom. The zero-order valence-electron chi connectivity index (χ0n) is 9.83. The fourth-order valence-electron chi connectivity index (χ4n) is 1.55. The van der Waals surface area contributed by atoms with Crippen molar-refractivity contribution in [3.8, 4) is 17.3 Å². The third-order valence-electron chi connectivity index (χ3n) is 2.56. The van der Waals surface area contributed by atoms with Gasteiger partial charge < -0.3 is 0 Å². The number of rotatable bonds is 1.